The molecule has 4 nitrogen and oxygen atoms in total. The van der Waals surface area contributed by atoms with Crippen LogP contribution in [0.3, 0.4) is 0 Å². The number of hydrogen-bond acceptors (Lipinski definition) is 3. The first kappa shape index (κ1) is 15.0. The van der Waals surface area contributed by atoms with Crippen LogP contribution in [0.2, 0.25) is 0 Å². The molecule has 2 aromatic carbocycles. The van der Waals surface area contributed by atoms with E-state index in [9.17, 15) is 0 Å². The second-order valence-electron chi connectivity index (χ2n) is 6.15. The van der Waals surface area contributed by atoms with Gasteiger partial charge in [0, 0.05) is 19.6 Å². The van der Waals surface area contributed by atoms with Crippen molar-refractivity contribution in [2.45, 2.75) is 26.2 Å². The first-order chi connectivity index (χ1) is 11.9. The van der Waals surface area contributed by atoms with Crippen molar-refractivity contribution in [3.63, 3.8) is 0 Å². The molecule has 4 rings (SSSR count). The number of para-hydroxylation sites is 1. The number of rotatable bonds is 5. The van der Waals surface area contributed by atoms with Crippen molar-refractivity contribution in [2.24, 2.45) is 0 Å². The van der Waals surface area contributed by atoms with E-state index in [1.807, 2.05) is 30.3 Å². The fourth-order valence-corrected chi connectivity index (χ4v) is 3.10. The van der Waals surface area contributed by atoms with Crippen LogP contribution in [0.5, 0.6) is 5.75 Å². The third kappa shape index (κ3) is 3.49. The van der Waals surface area contributed by atoms with E-state index in [0.29, 0.717) is 6.61 Å². The maximum Gasteiger partial charge on any atom is 0.132 e. The van der Waals surface area contributed by atoms with Gasteiger partial charge in [0.15, 0.2) is 0 Å². The standard InChI is InChI=1S/C20H21N3O/c1-3-7-17(8-4-1)14-22-11-12-23-19(15-22)13-18(21-23)16-24-20-9-5-2-6-10-20/h1-10,13H,11-12,14-16H2. The molecule has 0 aliphatic carbocycles. The van der Waals surface area contributed by atoms with E-state index in [0.717, 1.165) is 37.6 Å². The van der Waals surface area contributed by atoms with Crippen LogP contribution in [0.1, 0.15) is 17.0 Å². The molecule has 122 valence electrons. The van der Waals surface area contributed by atoms with Crippen molar-refractivity contribution in [1.29, 1.82) is 0 Å². The molecule has 0 saturated heterocycles. The minimum atomic E-state index is 0.517. The zero-order valence-corrected chi connectivity index (χ0v) is 13.6. The highest BCUT2D eigenvalue weighted by atomic mass is 16.5. The summed E-state index contributed by atoms with van der Waals surface area (Å²) in [5, 5.41) is 4.67. The minimum absolute atomic E-state index is 0.517. The van der Waals surface area contributed by atoms with Crippen molar-refractivity contribution in [1.82, 2.24) is 14.7 Å². The molecule has 1 aromatic heterocycles. The van der Waals surface area contributed by atoms with E-state index < -0.39 is 0 Å². The van der Waals surface area contributed by atoms with Crippen molar-refractivity contribution in [2.75, 3.05) is 6.54 Å². The van der Waals surface area contributed by atoms with E-state index >= 15 is 0 Å². The van der Waals surface area contributed by atoms with Crippen LogP contribution < -0.4 is 4.74 Å². The third-order valence-electron chi connectivity index (χ3n) is 4.31. The summed E-state index contributed by atoms with van der Waals surface area (Å²) < 4.78 is 7.92. The van der Waals surface area contributed by atoms with Gasteiger partial charge in [-0.3, -0.25) is 9.58 Å². The van der Waals surface area contributed by atoms with Gasteiger partial charge in [0.1, 0.15) is 18.1 Å². The smallest absolute Gasteiger partial charge is 0.132 e. The van der Waals surface area contributed by atoms with Crippen LogP contribution in [-0.4, -0.2) is 21.2 Å². The molecule has 0 N–H and O–H groups in total. The van der Waals surface area contributed by atoms with Gasteiger partial charge in [-0.1, -0.05) is 48.5 Å². The molecule has 2 heterocycles. The molecule has 0 atom stereocenters. The van der Waals surface area contributed by atoms with Crippen molar-refractivity contribution >= 4 is 0 Å². The van der Waals surface area contributed by atoms with Gasteiger partial charge in [0.25, 0.3) is 0 Å². The summed E-state index contributed by atoms with van der Waals surface area (Å²) in [6.45, 7) is 4.41. The Balaban J connectivity index is 1.39. The summed E-state index contributed by atoms with van der Waals surface area (Å²) in [6.07, 6.45) is 0. The molecule has 0 radical (unpaired) electrons. The van der Waals surface area contributed by atoms with Crippen LogP contribution in [0.4, 0.5) is 0 Å². The molecule has 4 heteroatoms. The lowest BCUT2D eigenvalue weighted by Crippen LogP contribution is -2.33. The Morgan fingerprint density at radius 1 is 0.917 bits per heavy atom. The molecule has 0 amide bonds. The molecular weight excluding hydrogens is 298 g/mol. The molecule has 0 saturated carbocycles. The second-order valence-corrected chi connectivity index (χ2v) is 6.15. The average Bonchev–Trinajstić information content (AvgIpc) is 3.04. The highest BCUT2D eigenvalue weighted by Gasteiger charge is 2.18. The molecule has 0 spiro atoms. The van der Waals surface area contributed by atoms with Gasteiger partial charge in [0.2, 0.25) is 0 Å². The van der Waals surface area contributed by atoms with Gasteiger partial charge in [-0.25, -0.2) is 0 Å². The lowest BCUT2D eigenvalue weighted by molar-refractivity contribution is 0.204. The van der Waals surface area contributed by atoms with Crippen molar-refractivity contribution in [3.8, 4) is 5.75 Å². The summed E-state index contributed by atoms with van der Waals surface area (Å²) in [5.74, 6) is 0.883. The molecule has 1 aliphatic rings. The Hall–Kier alpha value is -2.59. The van der Waals surface area contributed by atoms with Crippen LogP contribution in [0.25, 0.3) is 0 Å². The predicted molar refractivity (Wildman–Crippen MR) is 93.6 cm³/mol. The quantitative estimate of drug-likeness (QED) is 0.721. The molecule has 24 heavy (non-hydrogen) atoms. The number of ether oxygens (including phenoxy) is 1. The lowest BCUT2D eigenvalue weighted by Gasteiger charge is -2.27. The maximum atomic E-state index is 5.80. The molecule has 0 unspecified atom stereocenters. The van der Waals surface area contributed by atoms with E-state index in [-0.39, 0.29) is 0 Å². The first-order valence-electron chi connectivity index (χ1n) is 8.36. The fraction of sp³-hybridized carbons (Fsp3) is 0.250. The zero-order chi connectivity index (χ0) is 16.2. The Morgan fingerprint density at radius 3 is 2.46 bits per heavy atom. The van der Waals surface area contributed by atoms with Crippen LogP contribution >= 0.6 is 0 Å². The zero-order valence-electron chi connectivity index (χ0n) is 13.6. The summed E-state index contributed by atoms with van der Waals surface area (Å²) in [6, 6.07) is 22.7. The Bertz CT molecular complexity index is 783. The third-order valence-corrected chi connectivity index (χ3v) is 4.31. The summed E-state index contributed by atoms with van der Waals surface area (Å²) in [4.78, 5) is 2.47. The van der Waals surface area contributed by atoms with Crippen molar-refractivity contribution < 1.29 is 4.74 Å². The Kier molecular flexibility index (Phi) is 4.30. The monoisotopic (exact) mass is 319 g/mol. The highest BCUT2D eigenvalue weighted by molar-refractivity contribution is 5.22. The van der Waals surface area contributed by atoms with Crippen LogP contribution in [0, 0.1) is 0 Å². The van der Waals surface area contributed by atoms with Crippen LogP contribution in [-0.2, 0) is 26.2 Å². The molecule has 3 aromatic rings. The second kappa shape index (κ2) is 6.89. The summed E-state index contributed by atoms with van der Waals surface area (Å²) >= 11 is 0. The first-order valence-corrected chi connectivity index (χ1v) is 8.36. The minimum Gasteiger partial charge on any atom is -0.487 e. The SMILES string of the molecule is c1ccc(CN2CCn3nc(COc4ccccc4)cc3C2)cc1. The predicted octanol–water partition coefficient (Wildman–Crippen LogP) is 3.48. The number of aromatic nitrogens is 2. The molecule has 0 bridgehead atoms. The number of hydrogen-bond donors (Lipinski definition) is 0. The summed E-state index contributed by atoms with van der Waals surface area (Å²) in [5.41, 5.74) is 3.62. The van der Waals surface area contributed by atoms with E-state index in [2.05, 4.69) is 51.1 Å². The van der Waals surface area contributed by atoms with Gasteiger partial charge in [-0.05, 0) is 23.8 Å². The van der Waals surface area contributed by atoms with Crippen LogP contribution in [0.15, 0.2) is 66.7 Å². The lowest BCUT2D eigenvalue weighted by atomic mass is 10.2. The Morgan fingerprint density at radius 2 is 1.67 bits per heavy atom. The molecule has 1 aliphatic heterocycles. The number of fused-ring (bicyclic) bond motifs is 1. The largest absolute Gasteiger partial charge is 0.487 e. The average molecular weight is 319 g/mol. The maximum absolute atomic E-state index is 5.80. The normalized spacial score (nSPS) is 14.3. The van der Waals surface area contributed by atoms with E-state index in [1.165, 1.54) is 11.3 Å². The van der Waals surface area contributed by atoms with Gasteiger partial charge < -0.3 is 4.74 Å². The van der Waals surface area contributed by atoms with Gasteiger partial charge in [-0.15, -0.1) is 0 Å². The summed E-state index contributed by atoms with van der Waals surface area (Å²) in [7, 11) is 0. The van der Waals surface area contributed by atoms with E-state index in [1.54, 1.807) is 0 Å². The van der Waals surface area contributed by atoms with Crippen molar-refractivity contribution in [3.05, 3.63) is 83.7 Å². The van der Waals surface area contributed by atoms with E-state index in [4.69, 9.17) is 4.74 Å². The number of nitrogens with zero attached hydrogens (tertiary/aromatic N) is 3. The van der Waals surface area contributed by atoms with Gasteiger partial charge >= 0.3 is 0 Å². The van der Waals surface area contributed by atoms with Gasteiger partial charge in [-0.2, -0.15) is 5.10 Å². The highest BCUT2D eigenvalue weighted by Crippen LogP contribution is 2.17. The topological polar surface area (TPSA) is 30.3 Å². The molecular formula is C20H21N3O. The Labute approximate surface area is 142 Å². The fourth-order valence-electron chi connectivity index (χ4n) is 3.10. The van der Waals surface area contributed by atoms with Gasteiger partial charge in [0.05, 0.1) is 12.2 Å². The molecule has 0 fully saturated rings. The number of benzene rings is 2.